The van der Waals surface area contributed by atoms with Crippen molar-refractivity contribution in [2.24, 2.45) is 11.3 Å². The highest BCUT2D eigenvalue weighted by atomic mass is 16.6. The van der Waals surface area contributed by atoms with Gasteiger partial charge in [-0.25, -0.2) is 0 Å². The van der Waals surface area contributed by atoms with Crippen molar-refractivity contribution >= 4 is 5.97 Å². The first-order chi connectivity index (χ1) is 6.09. The lowest BCUT2D eigenvalue weighted by Gasteiger charge is -2.32. The van der Waals surface area contributed by atoms with E-state index < -0.39 is 0 Å². The van der Waals surface area contributed by atoms with E-state index in [1.807, 2.05) is 13.8 Å². The molecule has 0 spiro atoms. The van der Waals surface area contributed by atoms with E-state index >= 15 is 0 Å². The van der Waals surface area contributed by atoms with Gasteiger partial charge in [0.1, 0.15) is 6.10 Å². The Bertz CT molecular complexity index is 196. The Balaban J connectivity index is 0.000000396. The zero-order valence-corrected chi connectivity index (χ0v) is 9.09. The van der Waals surface area contributed by atoms with E-state index in [2.05, 4.69) is 13.8 Å². The van der Waals surface area contributed by atoms with Crippen LogP contribution in [0.5, 0.6) is 0 Å². The Morgan fingerprint density at radius 1 is 1.38 bits per heavy atom. The van der Waals surface area contributed by atoms with E-state index in [0.29, 0.717) is 0 Å². The average Bonchev–Trinajstić information content (AvgIpc) is 2.43. The number of esters is 1. The lowest BCUT2D eigenvalue weighted by Crippen LogP contribution is -2.31. The SMILES string of the molecule is CC.CC1(C)CCC2CC1OC2=O. The predicted octanol–water partition coefficient (Wildman–Crippen LogP) is 2.76. The van der Waals surface area contributed by atoms with Gasteiger partial charge >= 0.3 is 5.97 Å². The highest BCUT2D eigenvalue weighted by molar-refractivity contribution is 5.75. The molecule has 1 aliphatic carbocycles. The fourth-order valence-electron chi connectivity index (χ4n) is 2.06. The van der Waals surface area contributed by atoms with Crippen molar-refractivity contribution in [2.45, 2.75) is 53.1 Å². The third kappa shape index (κ3) is 1.87. The van der Waals surface area contributed by atoms with Gasteiger partial charge in [0.2, 0.25) is 0 Å². The summed E-state index contributed by atoms with van der Waals surface area (Å²) in [6.07, 6.45) is 3.33. The topological polar surface area (TPSA) is 26.3 Å². The van der Waals surface area contributed by atoms with E-state index in [1.165, 1.54) is 0 Å². The van der Waals surface area contributed by atoms with Crippen molar-refractivity contribution in [1.29, 1.82) is 0 Å². The minimum Gasteiger partial charge on any atom is -0.462 e. The van der Waals surface area contributed by atoms with Gasteiger partial charge in [-0.15, -0.1) is 0 Å². The lowest BCUT2D eigenvalue weighted by atomic mass is 9.73. The highest BCUT2D eigenvalue weighted by Gasteiger charge is 2.47. The normalized spacial score (nSPS) is 34.6. The number of carbonyl (C=O) groups excluding carboxylic acids is 1. The molecule has 1 saturated heterocycles. The van der Waals surface area contributed by atoms with Gasteiger partial charge in [-0.05, 0) is 19.3 Å². The Hall–Kier alpha value is -0.530. The first kappa shape index (κ1) is 10.6. The number of fused-ring (bicyclic) bond motifs is 2. The van der Waals surface area contributed by atoms with Crippen molar-refractivity contribution in [1.82, 2.24) is 0 Å². The summed E-state index contributed by atoms with van der Waals surface area (Å²) in [6.45, 7) is 8.37. The molecule has 0 amide bonds. The molecule has 2 atom stereocenters. The average molecular weight is 184 g/mol. The molecule has 2 fully saturated rings. The molecule has 0 aromatic rings. The van der Waals surface area contributed by atoms with E-state index in [9.17, 15) is 4.79 Å². The van der Waals surface area contributed by atoms with Gasteiger partial charge in [-0.1, -0.05) is 27.7 Å². The standard InChI is InChI=1S/C9H14O2.C2H6/c1-9(2)4-3-6-5-7(9)11-8(6)10;1-2/h6-7H,3-5H2,1-2H3;1-2H3. The van der Waals surface area contributed by atoms with E-state index in [-0.39, 0.29) is 23.4 Å². The summed E-state index contributed by atoms with van der Waals surface area (Å²) >= 11 is 0. The van der Waals surface area contributed by atoms with Crippen LogP contribution in [0.15, 0.2) is 0 Å². The minimum absolute atomic E-state index is 0.0422. The number of hydrogen-bond donors (Lipinski definition) is 0. The molecule has 1 heterocycles. The molecule has 2 unspecified atom stereocenters. The van der Waals surface area contributed by atoms with E-state index in [1.54, 1.807) is 0 Å². The number of ether oxygens (including phenoxy) is 1. The summed E-state index contributed by atoms with van der Waals surface area (Å²) in [5.41, 5.74) is 0.225. The summed E-state index contributed by atoms with van der Waals surface area (Å²) in [7, 11) is 0. The fourth-order valence-corrected chi connectivity index (χ4v) is 2.06. The molecule has 2 aliphatic rings. The molecule has 1 aliphatic heterocycles. The Morgan fingerprint density at radius 2 is 2.00 bits per heavy atom. The molecule has 2 rings (SSSR count). The zero-order valence-electron chi connectivity index (χ0n) is 9.09. The van der Waals surface area contributed by atoms with Gasteiger partial charge in [0.25, 0.3) is 0 Å². The first-order valence-electron chi connectivity index (χ1n) is 5.30. The molecule has 76 valence electrons. The molecule has 13 heavy (non-hydrogen) atoms. The second-order valence-electron chi connectivity index (χ2n) is 4.39. The van der Waals surface area contributed by atoms with Crippen molar-refractivity contribution in [2.75, 3.05) is 0 Å². The van der Waals surface area contributed by atoms with Gasteiger partial charge in [-0.3, -0.25) is 4.79 Å². The van der Waals surface area contributed by atoms with Crippen LogP contribution in [-0.4, -0.2) is 12.1 Å². The summed E-state index contributed by atoms with van der Waals surface area (Å²) in [5.74, 6) is 0.272. The van der Waals surface area contributed by atoms with Gasteiger partial charge in [-0.2, -0.15) is 0 Å². The molecule has 2 bridgehead atoms. The van der Waals surface area contributed by atoms with E-state index in [0.717, 1.165) is 19.3 Å². The highest BCUT2D eigenvalue weighted by Crippen LogP contribution is 2.45. The second-order valence-corrected chi connectivity index (χ2v) is 4.39. The molecule has 0 N–H and O–H groups in total. The van der Waals surface area contributed by atoms with E-state index in [4.69, 9.17) is 4.74 Å². The maximum Gasteiger partial charge on any atom is 0.309 e. The monoisotopic (exact) mass is 184 g/mol. The second kappa shape index (κ2) is 3.69. The maximum atomic E-state index is 11.1. The Labute approximate surface area is 80.7 Å². The minimum atomic E-state index is 0.0422. The van der Waals surface area contributed by atoms with Crippen LogP contribution in [-0.2, 0) is 9.53 Å². The van der Waals surface area contributed by atoms with Crippen LogP contribution in [0.2, 0.25) is 0 Å². The maximum absolute atomic E-state index is 11.1. The number of hydrogen-bond acceptors (Lipinski definition) is 2. The molecule has 2 heteroatoms. The molecular weight excluding hydrogens is 164 g/mol. The third-order valence-electron chi connectivity index (χ3n) is 3.10. The van der Waals surface area contributed by atoms with Gasteiger partial charge in [0.05, 0.1) is 5.92 Å². The largest absolute Gasteiger partial charge is 0.462 e. The third-order valence-corrected chi connectivity index (χ3v) is 3.10. The van der Waals surface area contributed by atoms with Crippen LogP contribution in [0.4, 0.5) is 0 Å². The molecule has 2 nitrogen and oxygen atoms in total. The summed E-state index contributed by atoms with van der Waals surface area (Å²) in [5, 5.41) is 0. The smallest absolute Gasteiger partial charge is 0.309 e. The Kier molecular flexibility index (Phi) is 2.99. The summed E-state index contributed by atoms with van der Waals surface area (Å²) in [6, 6.07) is 0. The van der Waals surface area contributed by atoms with Crippen LogP contribution in [0.25, 0.3) is 0 Å². The van der Waals surface area contributed by atoms with Crippen LogP contribution in [0, 0.1) is 11.3 Å². The molecule has 0 radical (unpaired) electrons. The molecular formula is C11H20O2. The lowest BCUT2D eigenvalue weighted by molar-refractivity contribution is -0.145. The first-order valence-corrected chi connectivity index (χ1v) is 5.30. The van der Waals surface area contributed by atoms with Crippen LogP contribution in [0.1, 0.15) is 47.0 Å². The fraction of sp³-hybridized carbons (Fsp3) is 0.909. The quantitative estimate of drug-likeness (QED) is 0.541. The van der Waals surface area contributed by atoms with Crippen molar-refractivity contribution < 1.29 is 9.53 Å². The number of carbonyl (C=O) groups is 1. The van der Waals surface area contributed by atoms with Crippen molar-refractivity contribution in [3.05, 3.63) is 0 Å². The van der Waals surface area contributed by atoms with Gasteiger partial charge < -0.3 is 4.74 Å². The summed E-state index contributed by atoms with van der Waals surface area (Å²) < 4.78 is 5.26. The van der Waals surface area contributed by atoms with Gasteiger partial charge in [0.15, 0.2) is 0 Å². The van der Waals surface area contributed by atoms with Gasteiger partial charge in [0, 0.05) is 5.41 Å². The zero-order chi connectivity index (χ0) is 10.1. The predicted molar refractivity (Wildman–Crippen MR) is 52.4 cm³/mol. The molecule has 1 saturated carbocycles. The van der Waals surface area contributed by atoms with Crippen molar-refractivity contribution in [3.8, 4) is 0 Å². The van der Waals surface area contributed by atoms with Crippen LogP contribution < -0.4 is 0 Å². The summed E-state index contributed by atoms with van der Waals surface area (Å²) in [4.78, 5) is 11.1. The Morgan fingerprint density at radius 3 is 2.54 bits per heavy atom. The molecule has 0 aromatic heterocycles. The van der Waals surface area contributed by atoms with Crippen LogP contribution >= 0.6 is 0 Å². The van der Waals surface area contributed by atoms with Crippen LogP contribution in [0.3, 0.4) is 0 Å². The molecule has 0 aromatic carbocycles. The van der Waals surface area contributed by atoms with Crippen molar-refractivity contribution in [3.63, 3.8) is 0 Å². The number of rotatable bonds is 0.